The lowest BCUT2D eigenvalue weighted by atomic mass is 10.0. The zero-order valence-corrected chi connectivity index (χ0v) is 21.1. The van der Waals surface area contributed by atoms with Crippen molar-refractivity contribution in [2.75, 3.05) is 31.1 Å². The van der Waals surface area contributed by atoms with Gasteiger partial charge in [-0.3, -0.25) is 9.69 Å². The summed E-state index contributed by atoms with van der Waals surface area (Å²) in [4.78, 5) is 22.6. The van der Waals surface area contributed by atoms with Crippen molar-refractivity contribution in [3.8, 4) is 0 Å². The van der Waals surface area contributed by atoms with Crippen molar-refractivity contribution in [1.82, 2.24) is 9.88 Å². The summed E-state index contributed by atoms with van der Waals surface area (Å²) < 4.78 is 1.15. The molecule has 0 radical (unpaired) electrons. The van der Waals surface area contributed by atoms with Crippen molar-refractivity contribution in [2.45, 2.75) is 48.0 Å². The fourth-order valence-corrected chi connectivity index (χ4v) is 5.02. The SMILES string of the molecule is CCN(CC)CCN(C(=O)Cc1cc(C)ccc1C)c1nc2c(C)cc(C)cc2s1.Cl. The van der Waals surface area contributed by atoms with Crippen LogP contribution in [0, 0.1) is 27.7 Å². The molecule has 0 bridgehead atoms. The minimum Gasteiger partial charge on any atom is -0.302 e. The summed E-state index contributed by atoms with van der Waals surface area (Å²) in [5.41, 5.74) is 6.84. The minimum absolute atomic E-state index is 0. The second-order valence-electron chi connectivity index (χ2n) is 8.10. The average molecular weight is 460 g/mol. The first kappa shape index (κ1) is 25.3. The molecule has 0 unspecified atom stereocenters. The lowest BCUT2D eigenvalue weighted by Gasteiger charge is -2.25. The van der Waals surface area contributed by atoms with E-state index in [4.69, 9.17) is 4.98 Å². The van der Waals surface area contributed by atoms with E-state index in [0.29, 0.717) is 13.0 Å². The Bertz CT molecular complexity index is 1040. The predicted octanol–water partition coefficient (Wildman–Crippen LogP) is 5.87. The van der Waals surface area contributed by atoms with Gasteiger partial charge in [-0.2, -0.15) is 0 Å². The van der Waals surface area contributed by atoms with Gasteiger partial charge in [0, 0.05) is 13.1 Å². The molecule has 0 atom stereocenters. The Hall–Kier alpha value is -1.95. The number of carbonyl (C=O) groups excluding carboxylic acids is 1. The number of rotatable bonds is 8. The highest BCUT2D eigenvalue weighted by atomic mass is 35.5. The molecule has 6 heteroatoms. The van der Waals surface area contributed by atoms with Crippen LogP contribution in [0.15, 0.2) is 30.3 Å². The van der Waals surface area contributed by atoms with Gasteiger partial charge in [0.2, 0.25) is 5.91 Å². The molecule has 0 N–H and O–H groups in total. The zero-order chi connectivity index (χ0) is 21.8. The minimum atomic E-state index is 0. The van der Waals surface area contributed by atoms with Gasteiger partial charge in [0.15, 0.2) is 5.13 Å². The Morgan fingerprint density at radius 3 is 2.32 bits per heavy atom. The lowest BCUT2D eigenvalue weighted by Crippen LogP contribution is -2.39. The topological polar surface area (TPSA) is 36.4 Å². The zero-order valence-electron chi connectivity index (χ0n) is 19.5. The quantitative estimate of drug-likeness (QED) is 0.422. The molecule has 0 aliphatic heterocycles. The Morgan fingerprint density at radius 1 is 0.935 bits per heavy atom. The van der Waals surface area contributed by atoms with Crippen molar-refractivity contribution >= 4 is 45.0 Å². The summed E-state index contributed by atoms with van der Waals surface area (Å²) in [6.45, 7) is 16.1. The number of likely N-dealkylation sites (N-methyl/N-ethyl adjacent to an activating group) is 1. The second kappa shape index (κ2) is 11.1. The van der Waals surface area contributed by atoms with Crippen LogP contribution in [0.1, 0.15) is 41.7 Å². The van der Waals surface area contributed by atoms with Gasteiger partial charge in [-0.15, -0.1) is 12.4 Å². The number of hydrogen-bond acceptors (Lipinski definition) is 4. The van der Waals surface area contributed by atoms with Gasteiger partial charge >= 0.3 is 0 Å². The number of hydrogen-bond donors (Lipinski definition) is 0. The first-order valence-corrected chi connectivity index (χ1v) is 11.6. The van der Waals surface area contributed by atoms with Crippen molar-refractivity contribution < 1.29 is 4.79 Å². The van der Waals surface area contributed by atoms with E-state index in [1.807, 2.05) is 4.90 Å². The molecular weight excluding hydrogens is 426 g/mol. The van der Waals surface area contributed by atoms with Crippen LogP contribution in [0.5, 0.6) is 0 Å². The Balaban J connectivity index is 0.00000341. The van der Waals surface area contributed by atoms with E-state index < -0.39 is 0 Å². The van der Waals surface area contributed by atoms with Crippen LogP contribution in [0.2, 0.25) is 0 Å². The normalized spacial score (nSPS) is 11.1. The van der Waals surface area contributed by atoms with Crippen LogP contribution in [0.25, 0.3) is 10.2 Å². The Morgan fingerprint density at radius 2 is 1.65 bits per heavy atom. The van der Waals surface area contributed by atoms with Crippen molar-refractivity contribution in [3.63, 3.8) is 0 Å². The molecular formula is C25H34ClN3OS. The number of thiazole rings is 1. The van der Waals surface area contributed by atoms with Crippen LogP contribution in [-0.4, -0.2) is 42.0 Å². The van der Waals surface area contributed by atoms with Crippen LogP contribution in [0.4, 0.5) is 5.13 Å². The van der Waals surface area contributed by atoms with Gasteiger partial charge < -0.3 is 4.90 Å². The molecule has 1 aromatic heterocycles. The molecule has 0 spiro atoms. The third-order valence-electron chi connectivity index (χ3n) is 5.73. The van der Waals surface area contributed by atoms with E-state index in [2.05, 4.69) is 76.8 Å². The maximum Gasteiger partial charge on any atom is 0.233 e. The summed E-state index contributed by atoms with van der Waals surface area (Å²) in [6.07, 6.45) is 0.402. The number of aryl methyl sites for hydroxylation is 4. The number of nitrogens with zero attached hydrogens (tertiary/aromatic N) is 3. The Kier molecular flexibility index (Phi) is 9.04. The molecule has 168 valence electrons. The smallest absolute Gasteiger partial charge is 0.233 e. The van der Waals surface area contributed by atoms with Gasteiger partial charge in [0.25, 0.3) is 0 Å². The molecule has 3 aromatic rings. The summed E-state index contributed by atoms with van der Waals surface area (Å²) >= 11 is 1.62. The van der Waals surface area contributed by atoms with Gasteiger partial charge in [-0.1, -0.05) is 55.0 Å². The van der Waals surface area contributed by atoms with E-state index in [9.17, 15) is 4.79 Å². The molecule has 4 nitrogen and oxygen atoms in total. The fraction of sp³-hybridized carbons (Fsp3) is 0.440. The van der Waals surface area contributed by atoms with Crippen molar-refractivity contribution in [2.24, 2.45) is 0 Å². The first-order chi connectivity index (χ1) is 14.3. The first-order valence-electron chi connectivity index (χ1n) is 10.8. The molecule has 0 aliphatic carbocycles. The summed E-state index contributed by atoms with van der Waals surface area (Å²) in [7, 11) is 0. The number of carbonyl (C=O) groups is 1. The van der Waals surface area contributed by atoms with Crippen molar-refractivity contribution in [1.29, 1.82) is 0 Å². The predicted molar refractivity (Wildman–Crippen MR) is 136 cm³/mol. The van der Waals surface area contributed by atoms with Crippen LogP contribution in [-0.2, 0) is 11.2 Å². The van der Waals surface area contributed by atoms with Gasteiger partial charge in [0.05, 0.1) is 16.6 Å². The number of anilines is 1. The monoisotopic (exact) mass is 459 g/mol. The van der Waals surface area contributed by atoms with E-state index in [0.717, 1.165) is 51.7 Å². The van der Waals surface area contributed by atoms with Crippen LogP contribution >= 0.6 is 23.7 Å². The molecule has 1 amide bonds. The van der Waals surface area contributed by atoms with Crippen molar-refractivity contribution in [3.05, 3.63) is 58.1 Å². The summed E-state index contributed by atoms with van der Waals surface area (Å²) in [6, 6.07) is 10.6. The molecule has 0 saturated carbocycles. The van der Waals surface area contributed by atoms with Gasteiger partial charge in [0.1, 0.15) is 0 Å². The summed E-state index contributed by atoms with van der Waals surface area (Å²) in [5.74, 6) is 0.115. The van der Waals surface area contributed by atoms with E-state index in [-0.39, 0.29) is 18.3 Å². The molecule has 0 fully saturated rings. The Labute approximate surface area is 196 Å². The van der Waals surface area contributed by atoms with Crippen LogP contribution < -0.4 is 4.90 Å². The molecule has 0 saturated heterocycles. The lowest BCUT2D eigenvalue weighted by molar-refractivity contribution is -0.118. The van der Waals surface area contributed by atoms with Crippen LogP contribution in [0.3, 0.4) is 0 Å². The molecule has 1 heterocycles. The maximum atomic E-state index is 13.5. The van der Waals surface area contributed by atoms with Gasteiger partial charge in [-0.05, 0) is 69.1 Å². The molecule has 31 heavy (non-hydrogen) atoms. The van der Waals surface area contributed by atoms with E-state index in [1.165, 1.54) is 11.1 Å². The largest absolute Gasteiger partial charge is 0.302 e. The highest BCUT2D eigenvalue weighted by molar-refractivity contribution is 7.22. The summed E-state index contributed by atoms with van der Waals surface area (Å²) in [5, 5.41) is 0.807. The molecule has 3 rings (SSSR count). The maximum absolute atomic E-state index is 13.5. The standard InChI is InChI=1S/C25H33N3OS.ClH/c1-7-27(8-2)11-12-28(23(29)16-21-14-17(3)9-10-19(21)5)25-26-24-20(6)13-18(4)15-22(24)30-25;/h9-10,13-15H,7-8,11-12,16H2,1-6H3;1H. The number of benzene rings is 2. The molecule has 2 aromatic carbocycles. The highest BCUT2D eigenvalue weighted by Gasteiger charge is 2.22. The third-order valence-corrected chi connectivity index (χ3v) is 6.76. The number of halogens is 1. The fourth-order valence-electron chi connectivity index (χ4n) is 3.83. The molecule has 0 aliphatic rings. The number of fused-ring (bicyclic) bond motifs is 1. The third kappa shape index (κ3) is 6.06. The highest BCUT2D eigenvalue weighted by Crippen LogP contribution is 2.32. The van der Waals surface area contributed by atoms with E-state index in [1.54, 1.807) is 11.3 Å². The average Bonchev–Trinajstić information content (AvgIpc) is 3.12. The van der Waals surface area contributed by atoms with Gasteiger partial charge in [-0.25, -0.2) is 4.98 Å². The number of amides is 1. The second-order valence-corrected chi connectivity index (χ2v) is 9.11. The van der Waals surface area contributed by atoms with E-state index >= 15 is 0 Å². The number of aromatic nitrogens is 1.